The van der Waals surface area contributed by atoms with E-state index >= 15 is 0 Å². The van der Waals surface area contributed by atoms with E-state index in [9.17, 15) is 10.1 Å². The third kappa shape index (κ3) is 2.20. The molecule has 1 N–H and O–H groups in total. The van der Waals surface area contributed by atoms with Crippen molar-refractivity contribution >= 4 is 11.5 Å². The van der Waals surface area contributed by atoms with Gasteiger partial charge >= 0.3 is 5.69 Å². The van der Waals surface area contributed by atoms with Gasteiger partial charge in [-0.15, -0.1) is 0 Å². The highest BCUT2D eigenvalue weighted by Crippen LogP contribution is 2.28. The molecule has 0 radical (unpaired) electrons. The second-order valence-electron chi connectivity index (χ2n) is 3.86. The number of hydrogen-bond acceptors (Lipinski definition) is 5. The van der Waals surface area contributed by atoms with E-state index in [1.165, 1.54) is 4.68 Å². The summed E-state index contributed by atoms with van der Waals surface area (Å²) in [6, 6.07) is 1.80. The number of nitro groups is 1. The molecular formula is C11H14N4O3. The summed E-state index contributed by atoms with van der Waals surface area (Å²) in [5.74, 6) is 0.415. The number of aryl methyl sites for hydroxylation is 2. The van der Waals surface area contributed by atoms with Gasteiger partial charge in [0.2, 0.25) is 5.82 Å². The Bertz CT molecular complexity index is 545. The Morgan fingerprint density at radius 3 is 2.94 bits per heavy atom. The first-order chi connectivity index (χ1) is 8.63. The van der Waals surface area contributed by atoms with Crippen LogP contribution in [-0.2, 0) is 20.0 Å². The summed E-state index contributed by atoms with van der Waals surface area (Å²) in [6.07, 6.45) is 3.68. The summed E-state index contributed by atoms with van der Waals surface area (Å²) < 4.78 is 6.44. The number of hydrogen-bond donors (Lipinski definition) is 1. The summed E-state index contributed by atoms with van der Waals surface area (Å²) in [4.78, 5) is 10.7. The van der Waals surface area contributed by atoms with Crippen LogP contribution in [0.15, 0.2) is 23.0 Å². The number of anilines is 1. The van der Waals surface area contributed by atoms with Crippen molar-refractivity contribution in [2.24, 2.45) is 7.05 Å². The van der Waals surface area contributed by atoms with Gasteiger partial charge in [0.1, 0.15) is 5.69 Å². The number of nitrogens with one attached hydrogen (secondary N) is 1. The van der Waals surface area contributed by atoms with Crippen LogP contribution < -0.4 is 5.32 Å². The zero-order valence-electron chi connectivity index (χ0n) is 10.2. The molecule has 0 aliphatic carbocycles. The number of aromatic nitrogens is 2. The van der Waals surface area contributed by atoms with Crippen LogP contribution in [0.3, 0.4) is 0 Å². The third-order valence-corrected chi connectivity index (χ3v) is 2.65. The largest absolute Gasteiger partial charge is 0.472 e. The van der Waals surface area contributed by atoms with Gasteiger partial charge in [0.15, 0.2) is 0 Å². The molecule has 96 valence electrons. The average molecular weight is 250 g/mol. The molecule has 0 fully saturated rings. The van der Waals surface area contributed by atoms with Crippen molar-refractivity contribution < 1.29 is 9.34 Å². The molecule has 0 spiro atoms. The molecule has 18 heavy (non-hydrogen) atoms. The molecule has 0 saturated heterocycles. The maximum absolute atomic E-state index is 11.1. The van der Waals surface area contributed by atoms with E-state index in [0.29, 0.717) is 24.5 Å². The van der Waals surface area contributed by atoms with Crippen LogP contribution in [0.1, 0.15) is 18.2 Å². The summed E-state index contributed by atoms with van der Waals surface area (Å²) >= 11 is 0. The number of rotatable bonds is 5. The van der Waals surface area contributed by atoms with Crippen LogP contribution in [0.5, 0.6) is 0 Å². The standard InChI is InChI=1S/C11H14N4O3/c1-3-9-10(15(16)17)11(14(2)13-9)12-6-8-4-5-18-7-8/h4-5,7,12H,3,6H2,1-2H3. The smallest absolute Gasteiger partial charge is 0.333 e. The van der Waals surface area contributed by atoms with Gasteiger partial charge < -0.3 is 9.73 Å². The van der Waals surface area contributed by atoms with Crippen molar-refractivity contribution in [3.05, 3.63) is 40.0 Å². The highest BCUT2D eigenvalue weighted by molar-refractivity contribution is 5.59. The Balaban J connectivity index is 2.26. The van der Waals surface area contributed by atoms with E-state index in [2.05, 4.69) is 10.4 Å². The molecule has 2 heterocycles. The molecule has 7 nitrogen and oxygen atoms in total. The molecule has 0 bridgehead atoms. The minimum absolute atomic E-state index is 0.0449. The Hall–Kier alpha value is -2.31. The molecule has 0 aliphatic heterocycles. The molecular weight excluding hydrogens is 236 g/mol. The lowest BCUT2D eigenvalue weighted by Crippen LogP contribution is -2.05. The Morgan fingerprint density at radius 1 is 1.61 bits per heavy atom. The average Bonchev–Trinajstić information content (AvgIpc) is 2.93. The first kappa shape index (κ1) is 12.2. The normalized spacial score (nSPS) is 10.6. The van der Waals surface area contributed by atoms with E-state index in [1.54, 1.807) is 25.6 Å². The molecule has 7 heteroatoms. The lowest BCUT2D eigenvalue weighted by molar-refractivity contribution is -0.384. The van der Waals surface area contributed by atoms with Crippen molar-refractivity contribution in [2.75, 3.05) is 5.32 Å². The van der Waals surface area contributed by atoms with Crippen LogP contribution in [0.25, 0.3) is 0 Å². The quantitative estimate of drug-likeness (QED) is 0.648. The Morgan fingerprint density at radius 2 is 2.39 bits per heavy atom. The second kappa shape index (κ2) is 4.91. The van der Waals surface area contributed by atoms with Gasteiger partial charge in [-0.2, -0.15) is 5.10 Å². The molecule has 0 aromatic carbocycles. The minimum atomic E-state index is -0.399. The van der Waals surface area contributed by atoms with Crippen molar-refractivity contribution in [1.82, 2.24) is 9.78 Å². The predicted molar refractivity (Wildman–Crippen MR) is 65.3 cm³/mol. The maximum Gasteiger partial charge on any atom is 0.333 e. The topological polar surface area (TPSA) is 86.1 Å². The van der Waals surface area contributed by atoms with Gasteiger partial charge in [-0.1, -0.05) is 6.92 Å². The van der Waals surface area contributed by atoms with E-state index in [-0.39, 0.29) is 5.69 Å². The summed E-state index contributed by atoms with van der Waals surface area (Å²) in [7, 11) is 1.68. The number of furan rings is 1. The molecule has 2 rings (SSSR count). The van der Waals surface area contributed by atoms with Crippen molar-refractivity contribution in [3.63, 3.8) is 0 Å². The van der Waals surface area contributed by atoms with Crippen LogP contribution >= 0.6 is 0 Å². The maximum atomic E-state index is 11.1. The molecule has 0 atom stereocenters. The van der Waals surface area contributed by atoms with Crippen LogP contribution in [0.4, 0.5) is 11.5 Å². The number of nitrogens with zero attached hydrogens (tertiary/aromatic N) is 3. The van der Waals surface area contributed by atoms with Gasteiger partial charge in [-0.05, 0) is 12.5 Å². The van der Waals surface area contributed by atoms with Crippen molar-refractivity contribution in [2.45, 2.75) is 19.9 Å². The molecule has 2 aromatic heterocycles. The summed E-state index contributed by atoms with van der Waals surface area (Å²) in [5.41, 5.74) is 1.45. The van der Waals surface area contributed by atoms with Gasteiger partial charge in [-0.25, -0.2) is 4.68 Å². The Kier molecular flexibility index (Phi) is 3.31. The highest BCUT2D eigenvalue weighted by atomic mass is 16.6. The lowest BCUT2D eigenvalue weighted by Gasteiger charge is -2.03. The molecule has 0 saturated carbocycles. The third-order valence-electron chi connectivity index (χ3n) is 2.65. The first-order valence-corrected chi connectivity index (χ1v) is 5.58. The fraction of sp³-hybridized carbons (Fsp3) is 0.364. The fourth-order valence-electron chi connectivity index (χ4n) is 1.78. The molecule has 0 aliphatic rings. The molecule has 0 amide bonds. The lowest BCUT2D eigenvalue weighted by atomic mass is 10.3. The van der Waals surface area contributed by atoms with Gasteiger partial charge in [0.05, 0.1) is 17.4 Å². The first-order valence-electron chi connectivity index (χ1n) is 5.58. The highest BCUT2D eigenvalue weighted by Gasteiger charge is 2.25. The van der Waals surface area contributed by atoms with E-state index in [1.807, 2.05) is 6.92 Å². The van der Waals surface area contributed by atoms with Crippen LogP contribution in [0, 0.1) is 10.1 Å². The van der Waals surface area contributed by atoms with Gasteiger partial charge in [0.25, 0.3) is 0 Å². The summed E-state index contributed by atoms with van der Waals surface area (Å²) in [6.45, 7) is 2.30. The summed E-state index contributed by atoms with van der Waals surface area (Å²) in [5, 5.41) is 18.2. The monoisotopic (exact) mass is 250 g/mol. The minimum Gasteiger partial charge on any atom is -0.472 e. The van der Waals surface area contributed by atoms with Gasteiger partial charge in [-0.3, -0.25) is 10.1 Å². The fourth-order valence-corrected chi connectivity index (χ4v) is 1.78. The zero-order valence-corrected chi connectivity index (χ0v) is 10.2. The van der Waals surface area contributed by atoms with Crippen LogP contribution in [-0.4, -0.2) is 14.7 Å². The van der Waals surface area contributed by atoms with E-state index in [4.69, 9.17) is 4.42 Å². The van der Waals surface area contributed by atoms with E-state index < -0.39 is 4.92 Å². The SMILES string of the molecule is CCc1nn(C)c(NCc2ccoc2)c1[N+](=O)[O-]. The van der Waals surface area contributed by atoms with Gasteiger partial charge in [0, 0.05) is 19.2 Å². The Labute approximate surface area is 104 Å². The zero-order chi connectivity index (χ0) is 13.1. The molecule has 0 unspecified atom stereocenters. The van der Waals surface area contributed by atoms with Crippen LogP contribution in [0.2, 0.25) is 0 Å². The predicted octanol–water partition coefficient (Wildman–Crippen LogP) is 2.10. The molecule has 2 aromatic rings. The van der Waals surface area contributed by atoms with E-state index in [0.717, 1.165) is 5.56 Å². The van der Waals surface area contributed by atoms with Crippen molar-refractivity contribution in [3.8, 4) is 0 Å². The van der Waals surface area contributed by atoms with Crippen molar-refractivity contribution in [1.29, 1.82) is 0 Å². The second-order valence-corrected chi connectivity index (χ2v) is 3.86.